The fraction of sp³-hybridized carbons (Fsp3) is 0.231. The highest BCUT2D eigenvalue weighted by Crippen LogP contribution is 2.33. The van der Waals surface area contributed by atoms with Gasteiger partial charge in [-0.15, -0.1) is 0 Å². The van der Waals surface area contributed by atoms with Gasteiger partial charge >= 0.3 is 12.1 Å². The number of carboxylic acids is 1. The van der Waals surface area contributed by atoms with Crippen LogP contribution in [0, 0.1) is 0 Å². The van der Waals surface area contributed by atoms with Crippen molar-refractivity contribution >= 4 is 22.9 Å². The van der Waals surface area contributed by atoms with Gasteiger partial charge in [0.2, 0.25) is 11.8 Å². The van der Waals surface area contributed by atoms with Gasteiger partial charge in [0.05, 0.1) is 17.8 Å². The van der Waals surface area contributed by atoms with E-state index >= 15 is 0 Å². The summed E-state index contributed by atoms with van der Waals surface area (Å²) in [5, 5.41) is 15.1. The van der Waals surface area contributed by atoms with Crippen LogP contribution in [0.2, 0.25) is 0 Å². The number of nitrogens with one attached hydrogen (secondary N) is 1. The average Bonchev–Trinajstić information content (AvgIpc) is 3.62. The molecule has 1 saturated heterocycles. The van der Waals surface area contributed by atoms with Crippen molar-refractivity contribution in [3.63, 3.8) is 0 Å². The first-order chi connectivity index (χ1) is 19.7. The second-order valence-electron chi connectivity index (χ2n) is 8.95. The van der Waals surface area contributed by atoms with Gasteiger partial charge in [0.15, 0.2) is 5.58 Å². The lowest BCUT2D eigenvalue weighted by atomic mass is 10.1. The van der Waals surface area contributed by atoms with Crippen LogP contribution in [0.3, 0.4) is 0 Å². The minimum atomic E-state index is -5.08. The Bertz CT molecular complexity index is 1650. The number of aromatic nitrogens is 6. The van der Waals surface area contributed by atoms with E-state index in [1.807, 2.05) is 29.1 Å². The largest absolute Gasteiger partial charge is 0.490 e. The van der Waals surface area contributed by atoms with E-state index in [1.54, 1.807) is 24.5 Å². The van der Waals surface area contributed by atoms with Gasteiger partial charge in [0.25, 0.3) is 0 Å². The number of nitrogen functional groups attached to an aromatic ring is 1. The summed E-state index contributed by atoms with van der Waals surface area (Å²) in [6.07, 6.45) is 5.78. The van der Waals surface area contributed by atoms with Gasteiger partial charge in [-0.05, 0) is 44.1 Å². The number of alkyl halides is 3. The summed E-state index contributed by atoms with van der Waals surface area (Å²) in [5.74, 6) is -0.989. The Morgan fingerprint density at radius 1 is 1.12 bits per heavy atom. The number of oxazole rings is 1. The second-order valence-corrected chi connectivity index (χ2v) is 8.95. The van der Waals surface area contributed by atoms with Crippen molar-refractivity contribution in [2.45, 2.75) is 25.1 Å². The van der Waals surface area contributed by atoms with Crippen LogP contribution in [0.4, 0.5) is 19.0 Å². The van der Waals surface area contributed by atoms with Crippen molar-refractivity contribution in [3.05, 3.63) is 61.4 Å². The number of piperidine rings is 1. The summed E-state index contributed by atoms with van der Waals surface area (Å²) in [6, 6.07) is 9.44. The fourth-order valence-electron chi connectivity index (χ4n) is 4.11. The lowest BCUT2D eigenvalue weighted by Crippen LogP contribution is -2.29. The number of pyridine rings is 1. The lowest BCUT2D eigenvalue weighted by molar-refractivity contribution is -0.192. The van der Waals surface area contributed by atoms with Crippen molar-refractivity contribution in [2.75, 3.05) is 18.8 Å². The van der Waals surface area contributed by atoms with Gasteiger partial charge in [0.1, 0.15) is 23.4 Å². The van der Waals surface area contributed by atoms with E-state index in [-0.39, 0.29) is 0 Å². The molecule has 0 spiro atoms. The van der Waals surface area contributed by atoms with E-state index in [0.29, 0.717) is 46.0 Å². The number of carbonyl (C=O) groups is 1. The van der Waals surface area contributed by atoms with Crippen LogP contribution in [0.25, 0.3) is 33.7 Å². The molecule has 0 unspecified atom stereocenters. The number of nitrogens with zero attached hydrogens (tertiary/aromatic N) is 6. The molecule has 12 nitrogen and oxygen atoms in total. The highest BCUT2D eigenvalue weighted by molar-refractivity contribution is 5.81. The maximum atomic E-state index is 10.6. The predicted octanol–water partition coefficient (Wildman–Crippen LogP) is 4.48. The minimum absolute atomic E-state index is 0.346. The van der Waals surface area contributed by atoms with Gasteiger partial charge in [-0.1, -0.05) is 0 Å². The SMILES string of the molecule is Nc1ncc(-c2cnn(C3CCNCC3)c2)cc1-c1nc2ccc(Oc3ccncn3)cc2o1.O=C(O)C(F)(F)F. The summed E-state index contributed by atoms with van der Waals surface area (Å²) < 4.78 is 45.6. The molecule has 5 aromatic rings. The molecular formula is C26H23F3N8O4. The molecule has 5 heterocycles. The smallest absolute Gasteiger partial charge is 0.475 e. The van der Waals surface area contributed by atoms with Crippen LogP contribution in [-0.4, -0.2) is 60.1 Å². The molecule has 0 radical (unpaired) electrons. The first-order valence-corrected chi connectivity index (χ1v) is 12.3. The lowest BCUT2D eigenvalue weighted by Gasteiger charge is -2.22. The average molecular weight is 569 g/mol. The first kappa shape index (κ1) is 27.5. The predicted molar refractivity (Wildman–Crippen MR) is 140 cm³/mol. The summed E-state index contributed by atoms with van der Waals surface area (Å²) >= 11 is 0. The zero-order valence-electron chi connectivity index (χ0n) is 21.2. The van der Waals surface area contributed by atoms with Crippen molar-refractivity contribution in [3.8, 4) is 34.2 Å². The number of fused-ring (bicyclic) bond motifs is 1. The van der Waals surface area contributed by atoms with Crippen LogP contribution in [-0.2, 0) is 4.79 Å². The Balaban J connectivity index is 0.000000431. The summed E-state index contributed by atoms with van der Waals surface area (Å²) in [5.41, 5.74) is 9.97. The monoisotopic (exact) mass is 568 g/mol. The van der Waals surface area contributed by atoms with Gasteiger partial charge in [-0.3, -0.25) is 4.68 Å². The third-order valence-electron chi connectivity index (χ3n) is 6.15. The highest BCUT2D eigenvalue weighted by Gasteiger charge is 2.38. The minimum Gasteiger partial charge on any atom is -0.475 e. The Morgan fingerprint density at radius 3 is 2.61 bits per heavy atom. The van der Waals surface area contributed by atoms with Crippen LogP contribution in [0.5, 0.6) is 11.6 Å². The maximum absolute atomic E-state index is 10.6. The molecular weight excluding hydrogens is 545 g/mol. The van der Waals surface area contributed by atoms with E-state index in [1.165, 1.54) is 6.33 Å². The van der Waals surface area contributed by atoms with Crippen LogP contribution in [0.1, 0.15) is 18.9 Å². The summed E-state index contributed by atoms with van der Waals surface area (Å²) in [4.78, 5) is 25.9. The van der Waals surface area contributed by atoms with Crippen molar-refractivity contribution < 1.29 is 32.2 Å². The number of aliphatic carboxylic acids is 1. The normalized spacial score (nSPS) is 13.9. The van der Waals surface area contributed by atoms with Crippen LogP contribution < -0.4 is 15.8 Å². The molecule has 0 aliphatic carbocycles. The molecule has 1 fully saturated rings. The van der Waals surface area contributed by atoms with E-state index in [0.717, 1.165) is 37.1 Å². The zero-order chi connectivity index (χ0) is 29.0. The Kier molecular flexibility index (Phi) is 7.78. The number of benzene rings is 1. The van der Waals surface area contributed by atoms with Gasteiger partial charge in [-0.2, -0.15) is 18.3 Å². The molecule has 6 rings (SSSR count). The molecule has 4 N–H and O–H groups in total. The molecule has 0 atom stereocenters. The summed E-state index contributed by atoms with van der Waals surface area (Å²) in [6.45, 7) is 2.02. The first-order valence-electron chi connectivity index (χ1n) is 12.3. The number of anilines is 1. The third-order valence-corrected chi connectivity index (χ3v) is 6.15. The molecule has 4 aromatic heterocycles. The molecule has 15 heteroatoms. The van der Waals surface area contributed by atoms with E-state index in [2.05, 4.69) is 36.5 Å². The number of hydrogen-bond donors (Lipinski definition) is 3. The molecule has 1 aliphatic heterocycles. The highest BCUT2D eigenvalue weighted by atomic mass is 19.4. The number of carboxylic acid groups (broad SMARTS) is 1. The number of halogens is 3. The van der Waals surface area contributed by atoms with Gasteiger partial charge < -0.3 is 25.3 Å². The standard InChI is InChI=1S/C24H22N8O2.C2HF3O2/c25-23-19(9-15(11-28-23)16-12-30-32(13-16)17-3-6-26-7-4-17)24-31-20-2-1-18(10-21(20)34-24)33-22-5-8-27-14-29-22;3-2(4,5)1(6)7/h1-2,5,8-14,17,26H,3-4,6-7H2,(H2,25,28);(H,6,7). The molecule has 41 heavy (non-hydrogen) atoms. The third kappa shape index (κ3) is 6.58. The van der Waals surface area contributed by atoms with Crippen molar-refractivity contribution in [1.82, 2.24) is 35.0 Å². The Morgan fingerprint density at radius 2 is 1.90 bits per heavy atom. The quantitative estimate of drug-likeness (QED) is 0.274. The van der Waals surface area contributed by atoms with E-state index in [4.69, 9.17) is 24.8 Å². The number of nitrogens with two attached hydrogens (primary N) is 1. The number of rotatable bonds is 5. The maximum Gasteiger partial charge on any atom is 0.490 e. The molecule has 1 aromatic carbocycles. The van der Waals surface area contributed by atoms with Crippen molar-refractivity contribution in [2.24, 2.45) is 0 Å². The molecule has 212 valence electrons. The Labute approximate surface area is 230 Å². The molecule has 0 bridgehead atoms. The second kappa shape index (κ2) is 11.6. The topological polar surface area (TPSA) is 167 Å². The van der Waals surface area contributed by atoms with E-state index in [9.17, 15) is 13.2 Å². The number of ether oxygens (including phenoxy) is 1. The molecule has 0 amide bonds. The fourth-order valence-corrected chi connectivity index (χ4v) is 4.11. The zero-order valence-corrected chi connectivity index (χ0v) is 21.2. The molecule has 1 aliphatic rings. The van der Waals surface area contributed by atoms with Crippen molar-refractivity contribution in [1.29, 1.82) is 0 Å². The number of hydrogen-bond acceptors (Lipinski definition) is 10. The van der Waals surface area contributed by atoms with Crippen LogP contribution >= 0.6 is 0 Å². The van der Waals surface area contributed by atoms with Gasteiger partial charge in [-0.25, -0.2) is 24.7 Å². The van der Waals surface area contributed by atoms with E-state index < -0.39 is 12.1 Å². The Hall–Kier alpha value is -5.05. The molecule has 0 saturated carbocycles. The van der Waals surface area contributed by atoms with Gasteiger partial charge in [0, 0.05) is 41.9 Å². The van der Waals surface area contributed by atoms with Crippen LogP contribution in [0.15, 0.2) is 65.9 Å². The summed E-state index contributed by atoms with van der Waals surface area (Å²) in [7, 11) is 0.